The maximum atomic E-state index is 12.8. The van der Waals surface area contributed by atoms with E-state index in [9.17, 15) is 24.4 Å². The summed E-state index contributed by atoms with van der Waals surface area (Å²) in [7, 11) is -1.66. The van der Waals surface area contributed by atoms with E-state index >= 15 is 0 Å². The third-order valence-corrected chi connectivity index (χ3v) is 4.56. The van der Waals surface area contributed by atoms with Gasteiger partial charge in [-0.2, -0.15) is 0 Å². The van der Waals surface area contributed by atoms with Crippen molar-refractivity contribution in [3.05, 3.63) is 35.9 Å². The van der Waals surface area contributed by atoms with Gasteiger partial charge in [0.25, 0.3) is 5.91 Å². The third-order valence-electron chi connectivity index (χ3n) is 4.56. The highest BCUT2D eigenvalue weighted by atomic mass is 16.4. The number of carbonyl (C=O) groups excluding carboxylic acids is 3. The van der Waals surface area contributed by atoms with Crippen LogP contribution in [0, 0.1) is 0 Å². The molecule has 3 amide bonds. The molecule has 2 heterocycles. The molecule has 2 aromatic rings. The van der Waals surface area contributed by atoms with Gasteiger partial charge < -0.3 is 10.0 Å². The normalized spacial score (nSPS) is 19.8. The van der Waals surface area contributed by atoms with E-state index in [4.69, 9.17) is 0 Å². The Morgan fingerprint density at radius 3 is 2.62 bits per heavy atom. The largest absolute Gasteiger partial charge is 0.489 e. The molecule has 0 aromatic heterocycles. The summed E-state index contributed by atoms with van der Waals surface area (Å²) in [6, 6.07) is 7.40. The Labute approximate surface area is 137 Å². The van der Waals surface area contributed by atoms with Crippen LogP contribution in [0.15, 0.2) is 30.3 Å². The van der Waals surface area contributed by atoms with Crippen LogP contribution in [0.1, 0.15) is 23.2 Å². The fraction of sp³-hybridized carbons (Fsp3) is 0.188. The van der Waals surface area contributed by atoms with Gasteiger partial charge in [0, 0.05) is 17.4 Å². The Bertz CT molecular complexity index is 911. The highest BCUT2D eigenvalue weighted by Crippen LogP contribution is 2.39. The fourth-order valence-corrected chi connectivity index (χ4v) is 3.49. The Hall–Kier alpha value is -2.71. The molecule has 2 aliphatic rings. The molecule has 4 rings (SSSR count). The average Bonchev–Trinajstić information content (AvgIpc) is 2.82. The van der Waals surface area contributed by atoms with Gasteiger partial charge in [0.1, 0.15) is 6.04 Å². The Balaban J connectivity index is 1.89. The molecule has 0 spiro atoms. The van der Waals surface area contributed by atoms with Crippen molar-refractivity contribution >= 4 is 46.8 Å². The SMILES string of the molecule is O=C1CCC(N2C(=O)c3ccc(B(O)O)c4cccc2c34)C(=O)N1. The van der Waals surface area contributed by atoms with Crippen molar-refractivity contribution in [3.8, 4) is 0 Å². The number of benzene rings is 2. The van der Waals surface area contributed by atoms with Crippen LogP contribution in [0.3, 0.4) is 0 Å². The first-order valence-electron chi connectivity index (χ1n) is 7.58. The van der Waals surface area contributed by atoms with Crippen LogP contribution < -0.4 is 15.7 Å². The number of piperidine rings is 1. The molecule has 3 N–H and O–H groups in total. The lowest BCUT2D eigenvalue weighted by Gasteiger charge is -2.30. The molecule has 1 saturated heterocycles. The Morgan fingerprint density at radius 2 is 1.92 bits per heavy atom. The molecule has 1 fully saturated rings. The maximum absolute atomic E-state index is 12.8. The van der Waals surface area contributed by atoms with E-state index in [1.54, 1.807) is 18.2 Å². The highest BCUT2D eigenvalue weighted by Gasteiger charge is 2.41. The van der Waals surface area contributed by atoms with Gasteiger partial charge in [0.05, 0.1) is 5.69 Å². The van der Waals surface area contributed by atoms with Crippen molar-refractivity contribution in [2.45, 2.75) is 18.9 Å². The first-order valence-corrected chi connectivity index (χ1v) is 7.58. The maximum Gasteiger partial charge on any atom is 0.489 e. The minimum Gasteiger partial charge on any atom is -0.423 e. The van der Waals surface area contributed by atoms with Crippen LogP contribution in [0.2, 0.25) is 0 Å². The molecule has 7 nitrogen and oxygen atoms in total. The zero-order chi connectivity index (χ0) is 17.0. The molecule has 0 aliphatic carbocycles. The zero-order valence-corrected chi connectivity index (χ0v) is 12.5. The van der Waals surface area contributed by atoms with Gasteiger partial charge in [-0.3, -0.25) is 24.6 Å². The number of nitrogens with zero attached hydrogens (tertiary/aromatic N) is 1. The van der Waals surface area contributed by atoms with E-state index in [-0.39, 0.29) is 24.7 Å². The number of amides is 3. The first-order chi connectivity index (χ1) is 11.5. The number of anilines is 1. The van der Waals surface area contributed by atoms with Crippen molar-refractivity contribution in [1.82, 2.24) is 5.32 Å². The number of imide groups is 1. The van der Waals surface area contributed by atoms with Crippen molar-refractivity contribution in [1.29, 1.82) is 0 Å². The van der Waals surface area contributed by atoms with Gasteiger partial charge in [-0.15, -0.1) is 0 Å². The first kappa shape index (κ1) is 14.9. The van der Waals surface area contributed by atoms with Crippen molar-refractivity contribution in [3.63, 3.8) is 0 Å². The Morgan fingerprint density at radius 1 is 1.12 bits per heavy atom. The van der Waals surface area contributed by atoms with Crippen LogP contribution >= 0.6 is 0 Å². The van der Waals surface area contributed by atoms with Crippen molar-refractivity contribution in [2.75, 3.05) is 4.90 Å². The van der Waals surface area contributed by atoms with Crippen LogP contribution in [-0.4, -0.2) is 40.9 Å². The summed E-state index contributed by atoms with van der Waals surface area (Å²) in [6.07, 6.45) is 0.434. The minimum absolute atomic E-state index is 0.174. The second kappa shape index (κ2) is 5.15. The van der Waals surface area contributed by atoms with Gasteiger partial charge in [-0.05, 0) is 29.4 Å². The molecule has 24 heavy (non-hydrogen) atoms. The monoisotopic (exact) mass is 324 g/mol. The molecule has 8 heteroatoms. The van der Waals surface area contributed by atoms with E-state index < -0.39 is 19.1 Å². The lowest BCUT2D eigenvalue weighted by Crippen LogP contribution is -2.53. The van der Waals surface area contributed by atoms with Gasteiger partial charge in [0.15, 0.2) is 0 Å². The quantitative estimate of drug-likeness (QED) is 0.499. The van der Waals surface area contributed by atoms with E-state index in [1.807, 2.05) is 0 Å². The number of nitrogens with one attached hydrogen (secondary N) is 1. The van der Waals surface area contributed by atoms with E-state index in [0.717, 1.165) is 0 Å². The second-order valence-corrected chi connectivity index (χ2v) is 5.92. The van der Waals surface area contributed by atoms with Crippen LogP contribution in [-0.2, 0) is 9.59 Å². The van der Waals surface area contributed by atoms with E-state index in [0.29, 0.717) is 27.5 Å². The number of carbonyl (C=O) groups is 3. The molecular formula is C16H13BN2O5. The van der Waals surface area contributed by atoms with Crippen LogP contribution in [0.4, 0.5) is 5.69 Å². The Kier molecular flexibility index (Phi) is 3.19. The minimum atomic E-state index is -1.66. The number of hydrogen-bond donors (Lipinski definition) is 3. The van der Waals surface area contributed by atoms with Gasteiger partial charge in [0.2, 0.25) is 11.8 Å². The lowest BCUT2D eigenvalue weighted by atomic mass is 9.76. The molecule has 1 atom stereocenters. The fourth-order valence-electron chi connectivity index (χ4n) is 3.49. The summed E-state index contributed by atoms with van der Waals surface area (Å²) in [6.45, 7) is 0. The smallest absolute Gasteiger partial charge is 0.423 e. The predicted octanol–water partition coefficient (Wildman–Crippen LogP) is -0.715. The molecular weight excluding hydrogens is 311 g/mol. The highest BCUT2D eigenvalue weighted by molar-refractivity contribution is 6.62. The number of hydrogen-bond acceptors (Lipinski definition) is 5. The topological polar surface area (TPSA) is 107 Å². The van der Waals surface area contributed by atoms with Gasteiger partial charge in [-0.1, -0.05) is 18.2 Å². The molecule has 0 radical (unpaired) electrons. The third kappa shape index (κ3) is 1.97. The van der Waals surface area contributed by atoms with E-state index in [1.165, 1.54) is 17.0 Å². The molecule has 1 unspecified atom stereocenters. The number of rotatable bonds is 2. The van der Waals surface area contributed by atoms with Crippen LogP contribution in [0.25, 0.3) is 10.8 Å². The predicted molar refractivity (Wildman–Crippen MR) is 86.8 cm³/mol. The molecule has 2 aromatic carbocycles. The van der Waals surface area contributed by atoms with Crippen molar-refractivity contribution in [2.24, 2.45) is 0 Å². The van der Waals surface area contributed by atoms with Gasteiger partial charge in [-0.25, -0.2) is 0 Å². The van der Waals surface area contributed by atoms with Crippen LogP contribution in [0.5, 0.6) is 0 Å². The summed E-state index contributed by atoms with van der Waals surface area (Å²) < 4.78 is 0. The molecule has 0 bridgehead atoms. The summed E-state index contributed by atoms with van der Waals surface area (Å²) in [5.41, 5.74) is 1.26. The average molecular weight is 324 g/mol. The second-order valence-electron chi connectivity index (χ2n) is 5.92. The summed E-state index contributed by atoms with van der Waals surface area (Å²) in [4.78, 5) is 37.7. The molecule has 0 saturated carbocycles. The molecule has 2 aliphatic heterocycles. The molecule has 120 valence electrons. The summed E-state index contributed by atoms with van der Waals surface area (Å²) in [5.74, 6) is -1.16. The lowest BCUT2D eigenvalue weighted by molar-refractivity contribution is -0.134. The van der Waals surface area contributed by atoms with Crippen molar-refractivity contribution < 1.29 is 24.4 Å². The summed E-state index contributed by atoms with van der Waals surface area (Å²) >= 11 is 0. The zero-order valence-electron chi connectivity index (χ0n) is 12.5. The van der Waals surface area contributed by atoms with Gasteiger partial charge >= 0.3 is 7.12 Å². The van der Waals surface area contributed by atoms with E-state index in [2.05, 4.69) is 5.32 Å². The standard InChI is InChI=1S/C16H13BN2O5/c20-13-7-6-12(15(21)18-13)19-11-3-1-2-8-10(17(23)24)5-4-9(14(8)11)16(19)22/h1-5,12,23-24H,6-7H2,(H,18,20,21). The summed E-state index contributed by atoms with van der Waals surface area (Å²) in [5, 5.41) is 22.5.